The highest BCUT2D eigenvalue weighted by Gasteiger charge is 2.06. The van der Waals surface area contributed by atoms with Gasteiger partial charge in [0.15, 0.2) is 0 Å². The third-order valence-corrected chi connectivity index (χ3v) is 5.59. The predicted molar refractivity (Wildman–Crippen MR) is 125 cm³/mol. The first kappa shape index (κ1) is 17.7. The zero-order valence-electron chi connectivity index (χ0n) is 16.9. The summed E-state index contributed by atoms with van der Waals surface area (Å²) in [4.78, 5) is 0. The summed E-state index contributed by atoms with van der Waals surface area (Å²) in [5.41, 5.74) is 6.66. The molecule has 4 aromatic carbocycles. The third-order valence-electron chi connectivity index (χ3n) is 5.59. The van der Waals surface area contributed by atoms with Crippen LogP contribution in [0.3, 0.4) is 0 Å². The molecule has 0 spiro atoms. The lowest BCUT2D eigenvalue weighted by Crippen LogP contribution is -1.98. The number of fused-ring (bicyclic) bond motifs is 2. The lowest BCUT2D eigenvalue weighted by Gasteiger charge is -2.08. The number of aromatic nitrogens is 4. The lowest BCUT2D eigenvalue weighted by molar-refractivity contribution is 0.890. The van der Waals surface area contributed by atoms with Crippen LogP contribution in [-0.4, -0.2) is 19.6 Å². The average molecular weight is 400 g/mol. The fourth-order valence-electron chi connectivity index (χ4n) is 4.05. The summed E-state index contributed by atoms with van der Waals surface area (Å²) in [5, 5.41) is 11.7. The van der Waals surface area contributed by atoms with Gasteiger partial charge in [0, 0.05) is 23.2 Å². The first-order valence-electron chi connectivity index (χ1n) is 10.4. The first-order valence-corrected chi connectivity index (χ1v) is 10.4. The maximum absolute atomic E-state index is 4.71. The van der Waals surface area contributed by atoms with Crippen LogP contribution in [0.1, 0.15) is 11.1 Å². The third kappa shape index (κ3) is 3.38. The van der Waals surface area contributed by atoms with Crippen LogP contribution in [-0.2, 0) is 6.42 Å². The molecule has 0 aliphatic rings. The van der Waals surface area contributed by atoms with Gasteiger partial charge in [-0.05, 0) is 53.9 Å². The number of benzene rings is 4. The SMILES string of the molecule is c1cc(Cc2cccc(-n3cc4ccccc4n3)c2)cc(-n2cc3ccccc3n2)c1. The number of hydrogen-bond donors (Lipinski definition) is 0. The molecule has 0 saturated carbocycles. The molecule has 4 heteroatoms. The Morgan fingerprint density at radius 3 is 1.48 bits per heavy atom. The molecule has 4 nitrogen and oxygen atoms in total. The van der Waals surface area contributed by atoms with Gasteiger partial charge in [-0.2, -0.15) is 10.2 Å². The van der Waals surface area contributed by atoms with Crippen molar-refractivity contribution < 1.29 is 0 Å². The Kier molecular flexibility index (Phi) is 4.13. The minimum atomic E-state index is 0.850. The van der Waals surface area contributed by atoms with Crippen molar-refractivity contribution in [2.24, 2.45) is 0 Å². The maximum Gasteiger partial charge on any atom is 0.0927 e. The molecule has 6 rings (SSSR count). The molecule has 0 aliphatic heterocycles. The van der Waals surface area contributed by atoms with Crippen LogP contribution < -0.4 is 0 Å². The van der Waals surface area contributed by atoms with E-state index in [9.17, 15) is 0 Å². The Morgan fingerprint density at radius 1 is 0.516 bits per heavy atom. The maximum atomic E-state index is 4.71. The summed E-state index contributed by atoms with van der Waals surface area (Å²) in [6.07, 6.45) is 5.01. The molecule has 0 atom stereocenters. The Bertz CT molecular complexity index is 1340. The van der Waals surface area contributed by atoms with Crippen molar-refractivity contribution in [1.82, 2.24) is 19.6 Å². The van der Waals surface area contributed by atoms with Crippen molar-refractivity contribution in [1.29, 1.82) is 0 Å². The Balaban J connectivity index is 1.30. The molecule has 0 aliphatic carbocycles. The summed E-state index contributed by atoms with van der Waals surface area (Å²) >= 11 is 0. The average Bonchev–Trinajstić information content (AvgIpc) is 3.44. The van der Waals surface area contributed by atoms with Gasteiger partial charge in [-0.3, -0.25) is 0 Å². The van der Waals surface area contributed by atoms with E-state index in [2.05, 4.69) is 73.1 Å². The van der Waals surface area contributed by atoms with Gasteiger partial charge in [-0.15, -0.1) is 0 Å². The smallest absolute Gasteiger partial charge is 0.0927 e. The van der Waals surface area contributed by atoms with Crippen molar-refractivity contribution >= 4 is 21.8 Å². The van der Waals surface area contributed by atoms with Gasteiger partial charge < -0.3 is 0 Å². The molecule has 6 aromatic rings. The largest absolute Gasteiger partial charge is 0.240 e. The Hall–Kier alpha value is -4.18. The van der Waals surface area contributed by atoms with Crippen LogP contribution in [0.2, 0.25) is 0 Å². The van der Waals surface area contributed by atoms with Crippen LogP contribution in [0.5, 0.6) is 0 Å². The van der Waals surface area contributed by atoms with E-state index >= 15 is 0 Å². The van der Waals surface area contributed by atoms with E-state index in [1.165, 1.54) is 11.1 Å². The van der Waals surface area contributed by atoms with E-state index in [1.54, 1.807) is 0 Å². The molecule has 0 fully saturated rings. The van der Waals surface area contributed by atoms with Gasteiger partial charge in [0.05, 0.1) is 22.4 Å². The fourth-order valence-corrected chi connectivity index (χ4v) is 4.05. The number of nitrogens with zero attached hydrogens (tertiary/aromatic N) is 4. The van der Waals surface area contributed by atoms with Gasteiger partial charge in [0.2, 0.25) is 0 Å². The molecule has 2 heterocycles. The van der Waals surface area contributed by atoms with Crippen LogP contribution >= 0.6 is 0 Å². The van der Waals surface area contributed by atoms with Crippen molar-refractivity contribution in [3.63, 3.8) is 0 Å². The molecule has 0 radical (unpaired) electrons. The molecular formula is C27H20N4. The molecule has 0 unspecified atom stereocenters. The highest BCUT2D eigenvalue weighted by Crippen LogP contribution is 2.20. The fraction of sp³-hybridized carbons (Fsp3) is 0.0370. The van der Waals surface area contributed by atoms with E-state index in [0.717, 1.165) is 39.6 Å². The monoisotopic (exact) mass is 400 g/mol. The van der Waals surface area contributed by atoms with Gasteiger partial charge in [-0.1, -0.05) is 60.7 Å². The van der Waals surface area contributed by atoms with E-state index in [0.29, 0.717) is 0 Å². The van der Waals surface area contributed by atoms with Crippen LogP contribution in [0.15, 0.2) is 109 Å². The second-order valence-corrected chi connectivity index (χ2v) is 7.78. The number of hydrogen-bond acceptors (Lipinski definition) is 2. The van der Waals surface area contributed by atoms with E-state index < -0.39 is 0 Å². The highest BCUT2D eigenvalue weighted by molar-refractivity contribution is 5.79. The molecule has 0 N–H and O–H groups in total. The quantitative estimate of drug-likeness (QED) is 0.366. The summed E-state index contributed by atoms with van der Waals surface area (Å²) in [6.45, 7) is 0. The zero-order valence-corrected chi connectivity index (χ0v) is 16.9. The summed E-state index contributed by atoms with van der Waals surface area (Å²) in [5.74, 6) is 0. The predicted octanol–water partition coefficient (Wildman–Crippen LogP) is 5.96. The molecule has 2 aromatic heterocycles. The second kappa shape index (κ2) is 7.26. The molecule has 0 amide bonds. The normalized spacial score (nSPS) is 11.4. The van der Waals surface area contributed by atoms with Crippen LogP contribution in [0.4, 0.5) is 0 Å². The Labute approximate surface area is 180 Å². The second-order valence-electron chi connectivity index (χ2n) is 7.78. The number of rotatable bonds is 4. The standard InChI is InChI=1S/C27H20N4/c1-3-13-26-22(9-1)18-30(28-26)24-11-5-7-20(16-24)15-21-8-6-12-25(17-21)31-19-23-10-2-4-14-27(23)29-31/h1-14,16-19H,15H2. The minimum absolute atomic E-state index is 0.850. The van der Waals surface area contributed by atoms with Gasteiger partial charge in [0.1, 0.15) is 0 Å². The van der Waals surface area contributed by atoms with Crippen molar-refractivity contribution in [2.75, 3.05) is 0 Å². The van der Waals surface area contributed by atoms with Crippen molar-refractivity contribution in [2.45, 2.75) is 6.42 Å². The van der Waals surface area contributed by atoms with E-state index in [1.807, 2.05) is 45.8 Å². The van der Waals surface area contributed by atoms with Gasteiger partial charge in [0.25, 0.3) is 0 Å². The summed E-state index contributed by atoms with van der Waals surface area (Å²) in [6, 6.07) is 33.5. The van der Waals surface area contributed by atoms with Crippen molar-refractivity contribution in [3.8, 4) is 11.4 Å². The van der Waals surface area contributed by atoms with Gasteiger partial charge in [-0.25, -0.2) is 9.36 Å². The Morgan fingerprint density at radius 2 is 1.00 bits per heavy atom. The highest BCUT2D eigenvalue weighted by atomic mass is 15.3. The minimum Gasteiger partial charge on any atom is -0.240 e. The zero-order chi connectivity index (χ0) is 20.6. The molecular weight excluding hydrogens is 380 g/mol. The van der Waals surface area contributed by atoms with Crippen LogP contribution in [0, 0.1) is 0 Å². The topological polar surface area (TPSA) is 35.6 Å². The van der Waals surface area contributed by atoms with E-state index in [-0.39, 0.29) is 0 Å². The van der Waals surface area contributed by atoms with E-state index in [4.69, 9.17) is 10.2 Å². The van der Waals surface area contributed by atoms with Crippen molar-refractivity contribution in [3.05, 3.63) is 121 Å². The molecule has 148 valence electrons. The molecule has 0 bridgehead atoms. The molecule has 31 heavy (non-hydrogen) atoms. The first-order chi connectivity index (χ1) is 15.3. The lowest BCUT2D eigenvalue weighted by atomic mass is 10.0. The summed E-state index contributed by atoms with van der Waals surface area (Å²) < 4.78 is 3.92. The van der Waals surface area contributed by atoms with Gasteiger partial charge >= 0.3 is 0 Å². The summed E-state index contributed by atoms with van der Waals surface area (Å²) in [7, 11) is 0. The molecule has 0 saturated heterocycles. The van der Waals surface area contributed by atoms with Crippen LogP contribution in [0.25, 0.3) is 33.2 Å².